The Morgan fingerprint density at radius 1 is 1.50 bits per heavy atom. The van der Waals surface area contributed by atoms with Crippen molar-refractivity contribution in [3.05, 3.63) is 36.2 Å². The highest BCUT2D eigenvalue weighted by molar-refractivity contribution is 5.76. The molecule has 0 saturated carbocycles. The van der Waals surface area contributed by atoms with Crippen LogP contribution in [0, 0.1) is 12.8 Å². The van der Waals surface area contributed by atoms with Gasteiger partial charge in [0.15, 0.2) is 0 Å². The average molecular weight is 331 g/mol. The first-order chi connectivity index (χ1) is 11.5. The number of aryl methyl sites for hydroxylation is 3. The monoisotopic (exact) mass is 331 g/mol. The smallest absolute Gasteiger partial charge is 0.224 e. The number of hydrogen-bond acceptors (Lipinski definition) is 4. The third kappa shape index (κ3) is 3.67. The molecule has 1 aliphatic heterocycles. The molecule has 1 aliphatic rings. The van der Waals surface area contributed by atoms with E-state index in [1.165, 1.54) is 0 Å². The highest BCUT2D eigenvalue weighted by Crippen LogP contribution is 2.29. The molecule has 3 rings (SSSR count). The van der Waals surface area contributed by atoms with Crippen molar-refractivity contribution in [2.45, 2.75) is 38.8 Å². The van der Waals surface area contributed by atoms with Crippen LogP contribution >= 0.6 is 0 Å². The van der Waals surface area contributed by atoms with E-state index in [0.29, 0.717) is 25.3 Å². The summed E-state index contributed by atoms with van der Waals surface area (Å²) in [6.07, 6.45) is 8.89. The predicted octanol–water partition coefficient (Wildman–Crippen LogP) is 1.29. The van der Waals surface area contributed by atoms with Crippen LogP contribution in [0.3, 0.4) is 0 Å². The lowest BCUT2D eigenvalue weighted by Crippen LogP contribution is -2.42. The van der Waals surface area contributed by atoms with Crippen molar-refractivity contribution in [1.29, 1.82) is 0 Å². The fraction of sp³-hybridized carbons (Fsp3) is 0.588. The molecule has 1 amide bonds. The molecule has 3 heterocycles. The maximum absolute atomic E-state index is 12.5. The maximum atomic E-state index is 12.5. The van der Waals surface area contributed by atoms with Crippen LogP contribution in [0.1, 0.15) is 36.8 Å². The number of carbonyl (C=O) groups excluding carboxylic acids is 1. The van der Waals surface area contributed by atoms with Gasteiger partial charge in [0.1, 0.15) is 11.9 Å². The van der Waals surface area contributed by atoms with E-state index in [2.05, 4.69) is 10.1 Å². The van der Waals surface area contributed by atoms with Crippen LogP contribution in [0.5, 0.6) is 0 Å². The molecular formula is C17H25N5O2. The Morgan fingerprint density at radius 3 is 3.00 bits per heavy atom. The van der Waals surface area contributed by atoms with E-state index in [-0.39, 0.29) is 11.8 Å². The van der Waals surface area contributed by atoms with Gasteiger partial charge in [-0.2, -0.15) is 5.10 Å². The van der Waals surface area contributed by atoms with Gasteiger partial charge in [0.2, 0.25) is 5.91 Å². The Bertz CT molecular complexity index is 693. The zero-order valence-corrected chi connectivity index (χ0v) is 14.3. The molecule has 0 spiro atoms. The summed E-state index contributed by atoms with van der Waals surface area (Å²) < 4.78 is 3.64. The molecule has 24 heavy (non-hydrogen) atoms. The first-order valence-electron chi connectivity index (χ1n) is 8.46. The Kier molecular flexibility index (Phi) is 4.99. The van der Waals surface area contributed by atoms with Crippen LogP contribution < -0.4 is 0 Å². The fourth-order valence-corrected chi connectivity index (χ4v) is 3.32. The molecule has 2 aromatic rings. The average Bonchev–Trinajstić information content (AvgIpc) is 3.20. The Hall–Kier alpha value is -2.15. The van der Waals surface area contributed by atoms with Crippen molar-refractivity contribution in [3.8, 4) is 0 Å². The molecule has 7 heteroatoms. The second-order valence-electron chi connectivity index (χ2n) is 6.61. The first-order valence-corrected chi connectivity index (χ1v) is 8.46. The molecule has 130 valence electrons. The molecule has 2 aromatic heterocycles. The summed E-state index contributed by atoms with van der Waals surface area (Å²) in [7, 11) is 1.88. The number of imidazole rings is 1. The number of carbonyl (C=O) groups is 1. The Morgan fingerprint density at radius 2 is 2.33 bits per heavy atom. The predicted molar refractivity (Wildman–Crippen MR) is 89.1 cm³/mol. The summed E-state index contributed by atoms with van der Waals surface area (Å²) in [5.74, 6) is 0.831. The van der Waals surface area contributed by atoms with Crippen LogP contribution in [0.25, 0.3) is 0 Å². The molecular weight excluding hydrogens is 306 g/mol. The molecule has 1 N–H and O–H groups in total. The lowest BCUT2D eigenvalue weighted by atomic mass is 9.91. The molecule has 0 radical (unpaired) electrons. The van der Waals surface area contributed by atoms with Gasteiger partial charge in [0.05, 0.1) is 6.20 Å². The van der Waals surface area contributed by atoms with E-state index in [4.69, 9.17) is 0 Å². The van der Waals surface area contributed by atoms with Crippen molar-refractivity contribution in [2.75, 3.05) is 13.1 Å². The number of likely N-dealkylation sites (tertiary alicyclic amines) is 1. The molecule has 0 aromatic carbocycles. The highest BCUT2D eigenvalue weighted by Gasteiger charge is 2.30. The summed E-state index contributed by atoms with van der Waals surface area (Å²) in [5.41, 5.74) is 1.10. The van der Waals surface area contributed by atoms with Crippen molar-refractivity contribution in [1.82, 2.24) is 24.2 Å². The lowest BCUT2D eigenvalue weighted by molar-refractivity contribution is -0.134. The van der Waals surface area contributed by atoms with Crippen molar-refractivity contribution >= 4 is 5.91 Å². The van der Waals surface area contributed by atoms with Gasteiger partial charge in [-0.1, -0.05) is 0 Å². The molecule has 0 bridgehead atoms. The minimum Gasteiger partial charge on any atom is -0.385 e. The number of aromatic nitrogens is 4. The van der Waals surface area contributed by atoms with Crippen LogP contribution in [0.2, 0.25) is 0 Å². The summed E-state index contributed by atoms with van der Waals surface area (Å²) in [6, 6.07) is 0. The van der Waals surface area contributed by atoms with Crippen LogP contribution in [-0.4, -0.2) is 48.3 Å². The standard InChI is InChI=1S/C17H25N5O2/c1-13-10-19-22(11-13)8-5-15(23)21-7-3-4-14(12-21)16(24)17-18-6-9-20(17)2/h6,9-11,14,16,24H,3-5,7-8,12H2,1-2H3. The molecule has 0 aliphatic carbocycles. The van der Waals surface area contributed by atoms with Gasteiger partial charge in [-0.25, -0.2) is 4.98 Å². The quantitative estimate of drug-likeness (QED) is 0.896. The van der Waals surface area contributed by atoms with E-state index in [1.54, 1.807) is 17.1 Å². The number of hydrogen-bond donors (Lipinski definition) is 1. The SMILES string of the molecule is Cc1cnn(CCC(=O)N2CCCC(C(O)c3nccn3C)C2)c1. The number of amides is 1. The maximum Gasteiger partial charge on any atom is 0.224 e. The van der Waals surface area contributed by atoms with E-state index in [0.717, 1.165) is 24.9 Å². The van der Waals surface area contributed by atoms with Gasteiger partial charge >= 0.3 is 0 Å². The normalized spacial score (nSPS) is 19.5. The van der Waals surface area contributed by atoms with Crippen molar-refractivity contribution in [3.63, 3.8) is 0 Å². The summed E-state index contributed by atoms with van der Waals surface area (Å²) in [5, 5.41) is 14.8. The van der Waals surface area contributed by atoms with E-state index in [9.17, 15) is 9.90 Å². The van der Waals surface area contributed by atoms with Gasteiger partial charge in [-0.15, -0.1) is 0 Å². The van der Waals surface area contributed by atoms with Gasteiger partial charge < -0.3 is 14.6 Å². The van der Waals surface area contributed by atoms with Crippen LogP contribution in [0.4, 0.5) is 0 Å². The Labute approximate surface area is 141 Å². The summed E-state index contributed by atoms with van der Waals surface area (Å²) in [4.78, 5) is 18.6. The third-order valence-corrected chi connectivity index (χ3v) is 4.70. The van der Waals surface area contributed by atoms with E-state index < -0.39 is 6.10 Å². The minimum atomic E-state index is -0.630. The first kappa shape index (κ1) is 16.7. The molecule has 2 atom stereocenters. The van der Waals surface area contributed by atoms with Crippen molar-refractivity contribution in [2.24, 2.45) is 13.0 Å². The number of piperidine rings is 1. The third-order valence-electron chi connectivity index (χ3n) is 4.70. The molecule has 2 unspecified atom stereocenters. The van der Waals surface area contributed by atoms with Gasteiger partial charge in [-0.3, -0.25) is 9.48 Å². The zero-order chi connectivity index (χ0) is 17.1. The number of aliphatic hydroxyl groups is 1. The van der Waals surface area contributed by atoms with Crippen molar-refractivity contribution < 1.29 is 9.90 Å². The van der Waals surface area contributed by atoms with Gasteiger partial charge in [0, 0.05) is 57.6 Å². The van der Waals surface area contributed by atoms with E-state index >= 15 is 0 Å². The number of nitrogens with zero attached hydrogens (tertiary/aromatic N) is 5. The lowest BCUT2D eigenvalue weighted by Gasteiger charge is -2.35. The van der Waals surface area contributed by atoms with Gasteiger partial charge in [-0.05, 0) is 25.3 Å². The number of aliphatic hydroxyl groups excluding tert-OH is 1. The highest BCUT2D eigenvalue weighted by atomic mass is 16.3. The molecule has 7 nitrogen and oxygen atoms in total. The number of rotatable bonds is 5. The van der Waals surface area contributed by atoms with E-state index in [1.807, 2.05) is 35.8 Å². The van der Waals surface area contributed by atoms with Crippen LogP contribution in [-0.2, 0) is 18.4 Å². The Balaban J connectivity index is 1.56. The molecule has 1 fully saturated rings. The fourth-order valence-electron chi connectivity index (χ4n) is 3.32. The summed E-state index contributed by atoms with van der Waals surface area (Å²) >= 11 is 0. The largest absolute Gasteiger partial charge is 0.385 e. The van der Waals surface area contributed by atoms with Gasteiger partial charge in [0.25, 0.3) is 0 Å². The topological polar surface area (TPSA) is 76.2 Å². The zero-order valence-electron chi connectivity index (χ0n) is 14.3. The van der Waals surface area contributed by atoms with Crippen LogP contribution in [0.15, 0.2) is 24.8 Å². The second-order valence-corrected chi connectivity index (χ2v) is 6.61. The molecule has 1 saturated heterocycles. The minimum absolute atomic E-state index is 0.0377. The summed E-state index contributed by atoms with van der Waals surface area (Å²) in [6.45, 7) is 3.93. The second kappa shape index (κ2) is 7.17.